The predicted molar refractivity (Wildman–Crippen MR) is 113 cm³/mol. The molecule has 0 radical (unpaired) electrons. The highest BCUT2D eigenvalue weighted by Gasteiger charge is 2.62. The number of nitrogens with one attached hydrogen (secondary N) is 1. The van der Waals surface area contributed by atoms with Gasteiger partial charge in [-0.1, -0.05) is 31.7 Å². The van der Waals surface area contributed by atoms with Crippen LogP contribution >= 0.6 is 0 Å². The second-order valence-electron chi connectivity index (χ2n) is 9.79. The van der Waals surface area contributed by atoms with Crippen LogP contribution in [0.3, 0.4) is 0 Å². The van der Waals surface area contributed by atoms with E-state index in [1.54, 1.807) is 5.57 Å². The SMILES string of the molecule is C=C=C1C(CC2CCC(C(/C=C\CC)=C/C)CC2)C2(C)NC(C)(C)CC12. The molecule has 3 unspecified atom stereocenters. The van der Waals surface area contributed by atoms with Gasteiger partial charge in [-0.3, -0.25) is 0 Å². The maximum atomic E-state index is 4.04. The first-order chi connectivity index (χ1) is 12.3. The van der Waals surface area contributed by atoms with E-state index >= 15 is 0 Å². The Morgan fingerprint density at radius 2 is 1.92 bits per heavy atom. The average Bonchev–Trinajstić information content (AvgIpc) is 2.82. The number of hydrogen-bond donors (Lipinski definition) is 1. The topological polar surface area (TPSA) is 12.0 Å². The predicted octanol–water partition coefficient (Wildman–Crippen LogP) is 6.58. The van der Waals surface area contributed by atoms with E-state index in [4.69, 9.17) is 0 Å². The van der Waals surface area contributed by atoms with Gasteiger partial charge in [0.25, 0.3) is 0 Å². The fraction of sp³-hybridized carbons (Fsp3) is 0.720. The molecule has 3 atom stereocenters. The minimum absolute atomic E-state index is 0.250. The molecular weight excluding hydrogens is 314 g/mol. The largest absolute Gasteiger partial charge is 0.305 e. The summed E-state index contributed by atoms with van der Waals surface area (Å²) in [4.78, 5) is 0. The minimum Gasteiger partial charge on any atom is -0.305 e. The second-order valence-corrected chi connectivity index (χ2v) is 9.79. The minimum atomic E-state index is 0.250. The molecule has 0 aromatic heterocycles. The van der Waals surface area contributed by atoms with Crippen molar-refractivity contribution in [2.24, 2.45) is 23.7 Å². The van der Waals surface area contributed by atoms with Crippen molar-refractivity contribution in [3.63, 3.8) is 0 Å². The molecule has 0 bridgehead atoms. The summed E-state index contributed by atoms with van der Waals surface area (Å²) in [5.41, 5.74) is 6.95. The smallest absolute Gasteiger partial charge is 0.0301 e. The molecule has 1 N–H and O–H groups in total. The Balaban J connectivity index is 1.60. The van der Waals surface area contributed by atoms with Crippen LogP contribution in [0.4, 0.5) is 0 Å². The fourth-order valence-electron chi connectivity index (χ4n) is 6.23. The Labute approximate surface area is 161 Å². The summed E-state index contributed by atoms with van der Waals surface area (Å²) in [6, 6.07) is 0. The Morgan fingerprint density at radius 1 is 1.23 bits per heavy atom. The van der Waals surface area contributed by atoms with Crippen LogP contribution in [0.5, 0.6) is 0 Å². The molecular formula is C25H39N. The molecule has 1 saturated heterocycles. The summed E-state index contributed by atoms with van der Waals surface area (Å²) in [6.07, 6.45) is 16.2. The third-order valence-electron chi connectivity index (χ3n) is 7.49. The van der Waals surface area contributed by atoms with Gasteiger partial charge in [0.15, 0.2) is 0 Å². The number of rotatable bonds is 5. The highest BCUT2D eigenvalue weighted by Crippen LogP contribution is 2.59. The molecule has 0 aromatic carbocycles. The molecule has 2 saturated carbocycles. The van der Waals surface area contributed by atoms with Crippen molar-refractivity contribution in [1.82, 2.24) is 5.32 Å². The summed E-state index contributed by atoms with van der Waals surface area (Å²) >= 11 is 0. The number of fused-ring (bicyclic) bond motifs is 1. The van der Waals surface area contributed by atoms with E-state index in [-0.39, 0.29) is 11.1 Å². The van der Waals surface area contributed by atoms with Crippen molar-refractivity contribution in [2.45, 2.75) is 90.6 Å². The summed E-state index contributed by atoms with van der Waals surface area (Å²) in [5, 5.41) is 3.96. The highest BCUT2D eigenvalue weighted by molar-refractivity contribution is 5.36. The van der Waals surface area contributed by atoms with Crippen LogP contribution in [0.25, 0.3) is 0 Å². The van der Waals surface area contributed by atoms with Crippen LogP contribution in [0.1, 0.15) is 79.6 Å². The number of hydrogen-bond acceptors (Lipinski definition) is 1. The lowest BCUT2D eigenvalue weighted by molar-refractivity contribution is 0.103. The van der Waals surface area contributed by atoms with Gasteiger partial charge in [-0.25, -0.2) is 0 Å². The van der Waals surface area contributed by atoms with Gasteiger partial charge >= 0.3 is 0 Å². The van der Waals surface area contributed by atoms with Crippen LogP contribution in [0, 0.1) is 23.7 Å². The Morgan fingerprint density at radius 3 is 2.50 bits per heavy atom. The normalized spacial score (nSPS) is 39.6. The van der Waals surface area contributed by atoms with Crippen molar-refractivity contribution in [2.75, 3.05) is 0 Å². The maximum Gasteiger partial charge on any atom is 0.0301 e. The van der Waals surface area contributed by atoms with E-state index in [0.717, 1.165) is 18.3 Å². The molecule has 1 heteroatoms. The van der Waals surface area contributed by atoms with Gasteiger partial charge in [0, 0.05) is 22.9 Å². The quantitative estimate of drug-likeness (QED) is 0.434. The zero-order valence-corrected chi connectivity index (χ0v) is 17.7. The molecule has 1 heterocycles. The van der Waals surface area contributed by atoms with Gasteiger partial charge in [0.1, 0.15) is 0 Å². The van der Waals surface area contributed by atoms with Crippen LogP contribution < -0.4 is 5.32 Å². The van der Waals surface area contributed by atoms with Gasteiger partial charge in [-0.05, 0) is 95.6 Å². The Bertz CT molecular complexity index is 623. The van der Waals surface area contributed by atoms with E-state index in [1.165, 1.54) is 44.1 Å². The zero-order chi connectivity index (χ0) is 18.9. The molecule has 0 spiro atoms. The molecule has 3 fully saturated rings. The first kappa shape index (κ1) is 19.7. The van der Waals surface area contributed by atoms with Crippen LogP contribution in [-0.2, 0) is 0 Å². The lowest BCUT2D eigenvalue weighted by Gasteiger charge is -2.53. The summed E-state index contributed by atoms with van der Waals surface area (Å²) < 4.78 is 0. The van der Waals surface area contributed by atoms with E-state index in [9.17, 15) is 0 Å². The third kappa shape index (κ3) is 3.54. The molecule has 1 aliphatic heterocycles. The first-order valence-corrected chi connectivity index (χ1v) is 10.9. The Hall–Kier alpha value is -1.04. The molecule has 0 aromatic rings. The van der Waals surface area contributed by atoms with Crippen molar-refractivity contribution in [1.29, 1.82) is 0 Å². The third-order valence-corrected chi connectivity index (χ3v) is 7.49. The van der Waals surface area contributed by atoms with Gasteiger partial charge in [-0.15, -0.1) is 5.73 Å². The zero-order valence-electron chi connectivity index (χ0n) is 17.7. The molecule has 3 rings (SSSR count). The molecule has 1 nitrogen and oxygen atoms in total. The van der Waals surface area contributed by atoms with Crippen molar-refractivity contribution in [3.8, 4) is 0 Å². The van der Waals surface area contributed by atoms with Gasteiger partial charge < -0.3 is 5.32 Å². The standard InChI is InChI=1S/C25H39N/c1-7-10-11-19(8-2)20-14-12-18(13-15-20)16-22-21(9-3)23-17-24(4,5)26-25(22,23)6/h8,10-11,18,20,22-23,26H,3,7,12-17H2,1-2,4-6H3/b11-10-,19-8+. The summed E-state index contributed by atoms with van der Waals surface area (Å²) in [5.74, 6) is 2.96. The van der Waals surface area contributed by atoms with Crippen molar-refractivity contribution in [3.05, 3.63) is 41.7 Å². The molecule has 0 amide bonds. The Kier molecular flexibility index (Phi) is 5.71. The molecule has 26 heavy (non-hydrogen) atoms. The lowest BCUT2D eigenvalue weighted by atomic mass is 9.54. The summed E-state index contributed by atoms with van der Waals surface area (Å²) in [6.45, 7) is 15.6. The van der Waals surface area contributed by atoms with Crippen LogP contribution in [-0.4, -0.2) is 11.1 Å². The molecule has 144 valence electrons. The van der Waals surface area contributed by atoms with Crippen molar-refractivity contribution < 1.29 is 0 Å². The van der Waals surface area contributed by atoms with Crippen LogP contribution in [0.2, 0.25) is 0 Å². The van der Waals surface area contributed by atoms with Gasteiger partial charge in [0.2, 0.25) is 0 Å². The fourth-order valence-corrected chi connectivity index (χ4v) is 6.23. The molecule has 2 aliphatic carbocycles. The maximum absolute atomic E-state index is 4.04. The van der Waals surface area contributed by atoms with E-state index in [0.29, 0.717) is 11.8 Å². The van der Waals surface area contributed by atoms with Gasteiger partial charge in [-0.2, -0.15) is 0 Å². The first-order valence-electron chi connectivity index (χ1n) is 10.9. The van der Waals surface area contributed by atoms with E-state index in [1.807, 2.05) is 0 Å². The van der Waals surface area contributed by atoms with Crippen LogP contribution in [0.15, 0.2) is 41.7 Å². The lowest BCUT2D eigenvalue weighted by Crippen LogP contribution is -2.61. The summed E-state index contributed by atoms with van der Waals surface area (Å²) in [7, 11) is 0. The second kappa shape index (κ2) is 7.53. The molecule has 3 aliphatic rings. The van der Waals surface area contributed by atoms with E-state index in [2.05, 4.69) is 70.5 Å². The average molecular weight is 354 g/mol. The van der Waals surface area contributed by atoms with E-state index < -0.39 is 0 Å². The number of allylic oxidation sites excluding steroid dienone is 4. The highest BCUT2D eigenvalue weighted by atomic mass is 15.1. The van der Waals surface area contributed by atoms with Gasteiger partial charge in [0.05, 0.1) is 0 Å². The monoisotopic (exact) mass is 353 g/mol. The van der Waals surface area contributed by atoms with Crippen molar-refractivity contribution >= 4 is 0 Å².